The maximum Gasteiger partial charge on any atom is 0.170 e. The van der Waals surface area contributed by atoms with Crippen LogP contribution in [0.15, 0.2) is 36.7 Å². The molecule has 0 unspecified atom stereocenters. The second-order valence-electron chi connectivity index (χ2n) is 7.47. The van der Waals surface area contributed by atoms with Crippen LogP contribution < -0.4 is 10.6 Å². The molecule has 2 N–H and O–H groups in total. The van der Waals surface area contributed by atoms with E-state index >= 15 is 0 Å². The molecule has 0 radical (unpaired) electrons. The Morgan fingerprint density at radius 1 is 0.594 bits per heavy atom. The lowest BCUT2D eigenvalue weighted by Crippen LogP contribution is -2.11. The fraction of sp³-hybridized carbons (Fsp3) is 0.273. The van der Waals surface area contributed by atoms with Gasteiger partial charge in [-0.2, -0.15) is 0 Å². The van der Waals surface area contributed by atoms with Gasteiger partial charge < -0.3 is 10.6 Å². The molecule has 0 saturated heterocycles. The minimum Gasteiger partial charge on any atom is -0.368 e. The Morgan fingerprint density at radius 3 is 1.12 bits per heavy atom. The maximum atomic E-state index is 14.8. The fourth-order valence-electron chi connectivity index (χ4n) is 2.98. The number of halogens is 6. The van der Waals surface area contributed by atoms with Crippen molar-refractivity contribution in [1.82, 2.24) is 9.97 Å². The van der Waals surface area contributed by atoms with Crippen molar-refractivity contribution >= 4 is 36.4 Å². The van der Waals surface area contributed by atoms with Crippen LogP contribution in [0.1, 0.15) is 27.7 Å². The summed E-state index contributed by atoms with van der Waals surface area (Å²) in [5, 5.41) is 6.05. The van der Waals surface area contributed by atoms with Crippen LogP contribution in [0.25, 0.3) is 22.3 Å². The summed E-state index contributed by atoms with van der Waals surface area (Å²) < 4.78 is 59.1. The van der Waals surface area contributed by atoms with Crippen molar-refractivity contribution in [2.75, 3.05) is 10.6 Å². The summed E-state index contributed by atoms with van der Waals surface area (Å²) in [5.74, 6) is -4.99. The smallest absolute Gasteiger partial charge is 0.170 e. The number of nitrogens with zero attached hydrogens (tertiary/aromatic N) is 2. The molecule has 0 fully saturated rings. The zero-order chi connectivity index (χ0) is 22.0. The summed E-state index contributed by atoms with van der Waals surface area (Å²) in [6.45, 7) is 7.61. The summed E-state index contributed by atoms with van der Waals surface area (Å²) in [5.41, 5.74) is -1.75. The molecule has 10 heteroatoms. The number of anilines is 2. The first-order chi connectivity index (χ1) is 14.2. The van der Waals surface area contributed by atoms with E-state index in [1.54, 1.807) is 0 Å². The Labute approximate surface area is 196 Å². The SMILES string of the molecule is CC(C)Nc1ccc(-c2c(F)c(F)c(-c3ccc(NC(C)C)nc3)c(F)c2F)cn1.Cl.Cl. The lowest BCUT2D eigenvalue weighted by atomic mass is 9.99. The van der Waals surface area contributed by atoms with Crippen molar-refractivity contribution in [2.24, 2.45) is 0 Å². The number of pyridine rings is 2. The van der Waals surface area contributed by atoms with E-state index in [0.29, 0.717) is 11.6 Å². The Bertz CT molecular complexity index is 930. The fourth-order valence-corrected chi connectivity index (χ4v) is 2.98. The first kappa shape index (κ1) is 27.5. The third-order valence-corrected chi connectivity index (χ3v) is 4.24. The average Bonchev–Trinajstić information content (AvgIpc) is 2.68. The molecule has 174 valence electrons. The molecular weight excluding hydrogens is 467 g/mol. The van der Waals surface area contributed by atoms with Gasteiger partial charge in [-0.15, -0.1) is 24.8 Å². The van der Waals surface area contributed by atoms with Crippen molar-refractivity contribution in [2.45, 2.75) is 39.8 Å². The number of nitrogens with one attached hydrogen (secondary N) is 2. The molecule has 0 saturated carbocycles. The van der Waals surface area contributed by atoms with Gasteiger partial charge in [0, 0.05) is 35.6 Å². The summed E-state index contributed by atoms with van der Waals surface area (Å²) in [6, 6.07) is 5.88. The minimum atomic E-state index is -1.49. The average molecular weight is 491 g/mol. The first-order valence-corrected chi connectivity index (χ1v) is 9.51. The predicted octanol–water partition coefficient (Wildman–Crippen LogP) is 6.85. The third kappa shape index (κ3) is 5.81. The highest BCUT2D eigenvalue weighted by Gasteiger charge is 2.27. The van der Waals surface area contributed by atoms with Crippen molar-refractivity contribution < 1.29 is 17.6 Å². The topological polar surface area (TPSA) is 49.8 Å². The van der Waals surface area contributed by atoms with Gasteiger partial charge in [0.1, 0.15) is 11.6 Å². The van der Waals surface area contributed by atoms with E-state index in [9.17, 15) is 17.6 Å². The minimum absolute atomic E-state index is 0. The number of hydrogen-bond acceptors (Lipinski definition) is 4. The zero-order valence-electron chi connectivity index (χ0n) is 17.8. The van der Waals surface area contributed by atoms with Crippen LogP contribution in [0, 0.1) is 23.3 Å². The van der Waals surface area contributed by atoms with Crippen LogP contribution >= 0.6 is 24.8 Å². The largest absolute Gasteiger partial charge is 0.368 e. The summed E-state index contributed by atoms with van der Waals surface area (Å²) in [6.07, 6.45) is 2.33. The van der Waals surface area contributed by atoms with Crippen LogP contribution in [0.3, 0.4) is 0 Å². The molecule has 0 aliphatic carbocycles. The van der Waals surface area contributed by atoms with E-state index in [-0.39, 0.29) is 48.0 Å². The van der Waals surface area contributed by atoms with E-state index in [4.69, 9.17) is 0 Å². The van der Waals surface area contributed by atoms with Crippen molar-refractivity contribution in [1.29, 1.82) is 0 Å². The number of benzene rings is 1. The van der Waals surface area contributed by atoms with Gasteiger partial charge in [-0.25, -0.2) is 27.5 Å². The molecule has 1 aromatic carbocycles. The second kappa shape index (κ2) is 11.3. The highest BCUT2D eigenvalue weighted by atomic mass is 35.5. The monoisotopic (exact) mass is 490 g/mol. The highest BCUT2D eigenvalue weighted by molar-refractivity contribution is 5.85. The van der Waals surface area contributed by atoms with Crippen molar-refractivity contribution in [3.63, 3.8) is 0 Å². The van der Waals surface area contributed by atoms with Crippen LogP contribution in [0.5, 0.6) is 0 Å². The normalized spacial score (nSPS) is 10.6. The van der Waals surface area contributed by atoms with Crippen molar-refractivity contribution in [3.8, 4) is 22.3 Å². The predicted molar refractivity (Wildman–Crippen MR) is 125 cm³/mol. The van der Waals surface area contributed by atoms with E-state index < -0.39 is 34.4 Å². The molecule has 4 nitrogen and oxygen atoms in total. The van der Waals surface area contributed by atoms with E-state index in [1.165, 1.54) is 36.7 Å². The van der Waals surface area contributed by atoms with Crippen LogP contribution in [0.4, 0.5) is 29.2 Å². The molecule has 2 heterocycles. The van der Waals surface area contributed by atoms with Gasteiger partial charge in [-0.05, 0) is 52.0 Å². The second-order valence-corrected chi connectivity index (χ2v) is 7.47. The summed E-state index contributed by atoms with van der Waals surface area (Å²) >= 11 is 0. The highest BCUT2D eigenvalue weighted by Crippen LogP contribution is 2.36. The summed E-state index contributed by atoms with van der Waals surface area (Å²) in [4.78, 5) is 8.09. The first-order valence-electron chi connectivity index (χ1n) is 9.51. The van der Waals surface area contributed by atoms with Gasteiger partial charge in [-0.1, -0.05) is 0 Å². The quantitative estimate of drug-likeness (QED) is 0.293. The maximum absolute atomic E-state index is 14.8. The molecule has 0 aliphatic rings. The van der Waals surface area contributed by atoms with Gasteiger partial charge in [-0.3, -0.25) is 0 Å². The molecule has 0 aliphatic heterocycles. The van der Waals surface area contributed by atoms with Gasteiger partial charge >= 0.3 is 0 Å². The van der Waals surface area contributed by atoms with Gasteiger partial charge in [0.15, 0.2) is 23.3 Å². The standard InChI is InChI=1S/C22H22F4N4.2ClH/c1-11(2)29-15-7-5-13(9-27-15)17-19(23)21(25)18(22(26)20(17)24)14-6-8-16(28-10-14)30-12(3)4;;/h5-12H,1-4H3,(H,27,29)(H,28,30);2*1H. The summed E-state index contributed by atoms with van der Waals surface area (Å²) in [7, 11) is 0. The van der Waals surface area contributed by atoms with Crippen LogP contribution in [-0.4, -0.2) is 22.1 Å². The van der Waals surface area contributed by atoms with Gasteiger partial charge in [0.2, 0.25) is 0 Å². The van der Waals surface area contributed by atoms with E-state index in [2.05, 4.69) is 20.6 Å². The molecule has 2 aromatic heterocycles. The van der Waals surface area contributed by atoms with Crippen molar-refractivity contribution in [3.05, 3.63) is 59.9 Å². The Morgan fingerprint density at radius 2 is 0.906 bits per heavy atom. The molecule has 3 rings (SSSR count). The molecular formula is C22H24Cl2F4N4. The van der Waals surface area contributed by atoms with Gasteiger partial charge in [0.25, 0.3) is 0 Å². The molecule has 0 spiro atoms. The van der Waals surface area contributed by atoms with Crippen LogP contribution in [0.2, 0.25) is 0 Å². The molecule has 0 amide bonds. The number of aromatic nitrogens is 2. The Balaban J connectivity index is 0.00000256. The molecule has 32 heavy (non-hydrogen) atoms. The van der Waals surface area contributed by atoms with E-state index in [1.807, 2.05) is 27.7 Å². The lowest BCUT2D eigenvalue weighted by molar-refractivity contribution is 0.463. The Hall–Kier alpha value is -2.58. The molecule has 0 bridgehead atoms. The third-order valence-electron chi connectivity index (χ3n) is 4.24. The van der Waals surface area contributed by atoms with E-state index in [0.717, 1.165) is 0 Å². The lowest BCUT2D eigenvalue weighted by Gasteiger charge is -2.14. The van der Waals surface area contributed by atoms with Gasteiger partial charge in [0.05, 0.1) is 11.1 Å². The van der Waals surface area contributed by atoms with Crippen LogP contribution in [-0.2, 0) is 0 Å². The number of rotatable bonds is 6. The Kier molecular flexibility index (Phi) is 9.72. The molecule has 0 atom stereocenters. The number of hydrogen-bond donors (Lipinski definition) is 2. The zero-order valence-corrected chi connectivity index (χ0v) is 19.5. The molecule has 3 aromatic rings.